The zero-order valence-corrected chi connectivity index (χ0v) is 11.3. The van der Waals surface area contributed by atoms with Crippen LogP contribution in [0.25, 0.3) is 0 Å². The maximum Gasteiger partial charge on any atom is 0.310 e. The van der Waals surface area contributed by atoms with Crippen molar-refractivity contribution in [1.82, 2.24) is 20.3 Å². The number of carboxylic acid groups (broad SMARTS) is 1. The highest BCUT2D eigenvalue weighted by molar-refractivity contribution is 5.84. The third-order valence-corrected chi connectivity index (χ3v) is 3.44. The van der Waals surface area contributed by atoms with Gasteiger partial charge in [0.25, 0.3) is 0 Å². The van der Waals surface area contributed by atoms with Gasteiger partial charge in [0, 0.05) is 19.2 Å². The van der Waals surface area contributed by atoms with Gasteiger partial charge in [-0.25, -0.2) is 0 Å². The molecule has 1 aromatic heterocycles. The number of rotatable bonds is 8. The standard InChI is InChI=1S/C12H20N4O3/c1-3-12(4-2,11(18)19)9-10(17)13-5-7-16-8-6-14-15-16/h6,8H,3-5,7,9H2,1-2H3,(H,13,17)(H,18,19). The first-order chi connectivity index (χ1) is 9.04. The van der Waals surface area contributed by atoms with E-state index in [2.05, 4.69) is 15.6 Å². The summed E-state index contributed by atoms with van der Waals surface area (Å²) in [6.07, 6.45) is 4.15. The molecular formula is C12H20N4O3. The summed E-state index contributed by atoms with van der Waals surface area (Å²) >= 11 is 0. The van der Waals surface area contributed by atoms with Crippen molar-refractivity contribution in [1.29, 1.82) is 0 Å². The van der Waals surface area contributed by atoms with Crippen LogP contribution < -0.4 is 5.32 Å². The van der Waals surface area contributed by atoms with Crippen LogP contribution >= 0.6 is 0 Å². The second-order valence-electron chi connectivity index (χ2n) is 4.49. The molecule has 0 atom stereocenters. The van der Waals surface area contributed by atoms with E-state index in [0.29, 0.717) is 25.9 Å². The van der Waals surface area contributed by atoms with Crippen molar-refractivity contribution in [3.05, 3.63) is 12.4 Å². The van der Waals surface area contributed by atoms with E-state index in [1.807, 2.05) is 0 Å². The van der Waals surface area contributed by atoms with Crippen LogP contribution in [0.15, 0.2) is 12.4 Å². The lowest BCUT2D eigenvalue weighted by Crippen LogP contribution is -2.37. The minimum absolute atomic E-state index is 0.00664. The quantitative estimate of drug-likeness (QED) is 0.722. The molecule has 0 aliphatic rings. The molecule has 0 fully saturated rings. The minimum atomic E-state index is -0.961. The maximum atomic E-state index is 11.8. The summed E-state index contributed by atoms with van der Waals surface area (Å²) in [6.45, 7) is 4.51. The minimum Gasteiger partial charge on any atom is -0.481 e. The van der Waals surface area contributed by atoms with Gasteiger partial charge in [0.1, 0.15) is 0 Å². The van der Waals surface area contributed by atoms with Gasteiger partial charge in [-0.3, -0.25) is 14.3 Å². The van der Waals surface area contributed by atoms with Crippen LogP contribution in [0.5, 0.6) is 0 Å². The van der Waals surface area contributed by atoms with Gasteiger partial charge in [-0.15, -0.1) is 5.10 Å². The van der Waals surface area contributed by atoms with Crippen LogP contribution in [0.2, 0.25) is 0 Å². The van der Waals surface area contributed by atoms with Crippen LogP contribution in [0.1, 0.15) is 33.1 Å². The zero-order chi connectivity index (χ0) is 14.3. The molecule has 0 saturated heterocycles. The van der Waals surface area contributed by atoms with Crippen molar-refractivity contribution in [2.75, 3.05) is 6.54 Å². The van der Waals surface area contributed by atoms with Gasteiger partial charge in [-0.1, -0.05) is 19.1 Å². The van der Waals surface area contributed by atoms with Crippen LogP contribution in [0.4, 0.5) is 0 Å². The fraction of sp³-hybridized carbons (Fsp3) is 0.667. The van der Waals surface area contributed by atoms with Gasteiger partial charge >= 0.3 is 5.97 Å². The molecular weight excluding hydrogens is 248 g/mol. The molecule has 19 heavy (non-hydrogen) atoms. The molecule has 0 aromatic carbocycles. The number of aromatic nitrogens is 3. The molecule has 0 radical (unpaired) electrons. The molecule has 106 valence electrons. The van der Waals surface area contributed by atoms with Gasteiger partial charge in [0.05, 0.1) is 18.2 Å². The van der Waals surface area contributed by atoms with Crippen molar-refractivity contribution in [2.24, 2.45) is 5.41 Å². The molecule has 0 aliphatic heterocycles. The average molecular weight is 268 g/mol. The molecule has 1 rings (SSSR count). The van der Waals surface area contributed by atoms with E-state index in [1.54, 1.807) is 30.9 Å². The van der Waals surface area contributed by atoms with Crippen LogP contribution in [0.3, 0.4) is 0 Å². The van der Waals surface area contributed by atoms with Crippen molar-refractivity contribution >= 4 is 11.9 Å². The van der Waals surface area contributed by atoms with E-state index >= 15 is 0 Å². The number of carboxylic acids is 1. The Labute approximate surface area is 112 Å². The summed E-state index contributed by atoms with van der Waals surface area (Å²) < 4.78 is 1.60. The number of carbonyl (C=O) groups excluding carboxylic acids is 1. The van der Waals surface area contributed by atoms with E-state index in [9.17, 15) is 14.7 Å². The number of amides is 1. The molecule has 0 unspecified atom stereocenters. The third kappa shape index (κ3) is 4.04. The SMILES string of the molecule is CCC(CC)(CC(=O)NCCn1ccnn1)C(=O)O. The Balaban J connectivity index is 2.43. The normalized spacial score (nSPS) is 11.3. The fourth-order valence-electron chi connectivity index (χ4n) is 1.91. The smallest absolute Gasteiger partial charge is 0.310 e. The topological polar surface area (TPSA) is 97.1 Å². The fourth-order valence-corrected chi connectivity index (χ4v) is 1.91. The summed E-state index contributed by atoms with van der Waals surface area (Å²) in [5.74, 6) is -1.16. The summed E-state index contributed by atoms with van der Waals surface area (Å²) in [5, 5.41) is 19.4. The van der Waals surface area contributed by atoms with E-state index in [4.69, 9.17) is 0 Å². The average Bonchev–Trinajstić information content (AvgIpc) is 2.89. The van der Waals surface area contributed by atoms with E-state index in [0.717, 1.165) is 0 Å². The zero-order valence-electron chi connectivity index (χ0n) is 11.3. The lowest BCUT2D eigenvalue weighted by Gasteiger charge is -2.25. The predicted molar refractivity (Wildman–Crippen MR) is 68.3 cm³/mol. The first-order valence-electron chi connectivity index (χ1n) is 6.38. The molecule has 7 heteroatoms. The summed E-state index contributed by atoms with van der Waals surface area (Å²) in [7, 11) is 0. The monoisotopic (exact) mass is 268 g/mol. The van der Waals surface area contributed by atoms with Crippen LogP contribution in [-0.4, -0.2) is 38.5 Å². The first-order valence-corrected chi connectivity index (χ1v) is 6.38. The highest BCUT2D eigenvalue weighted by Crippen LogP contribution is 2.30. The lowest BCUT2D eigenvalue weighted by molar-refractivity contribution is -0.152. The van der Waals surface area contributed by atoms with Gasteiger partial charge in [0.15, 0.2) is 0 Å². The lowest BCUT2D eigenvalue weighted by atomic mass is 9.79. The predicted octanol–water partition coefficient (Wildman–Crippen LogP) is 0.675. The number of hydrogen-bond donors (Lipinski definition) is 2. The van der Waals surface area contributed by atoms with E-state index in [1.165, 1.54) is 0 Å². The van der Waals surface area contributed by atoms with Crippen molar-refractivity contribution < 1.29 is 14.7 Å². The molecule has 0 saturated carbocycles. The highest BCUT2D eigenvalue weighted by Gasteiger charge is 2.36. The van der Waals surface area contributed by atoms with Gasteiger partial charge in [-0.05, 0) is 12.8 Å². The van der Waals surface area contributed by atoms with Crippen LogP contribution in [-0.2, 0) is 16.1 Å². The molecule has 0 bridgehead atoms. The maximum absolute atomic E-state index is 11.8. The van der Waals surface area contributed by atoms with Crippen molar-refractivity contribution in [2.45, 2.75) is 39.7 Å². The molecule has 2 N–H and O–H groups in total. The van der Waals surface area contributed by atoms with Gasteiger partial charge < -0.3 is 10.4 Å². The summed E-state index contributed by atoms with van der Waals surface area (Å²) in [4.78, 5) is 23.1. The molecule has 1 amide bonds. The molecule has 0 spiro atoms. The molecule has 1 heterocycles. The van der Waals surface area contributed by atoms with Crippen molar-refractivity contribution in [3.63, 3.8) is 0 Å². The highest BCUT2D eigenvalue weighted by atomic mass is 16.4. The van der Waals surface area contributed by atoms with Crippen molar-refractivity contribution in [3.8, 4) is 0 Å². The number of carbonyl (C=O) groups is 2. The largest absolute Gasteiger partial charge is 0.481 e. The third-order valence-electron chi connectivity index (χ3n) is 3.44. The molecule has 0 aliphatic carbocycles. The Kier molecular flexibility index (Phi) is 5.47. The Bertz CT molecular complexity index is 413. The Morgan fingerprint density at radius 3 is 2.53 bits per heavy atom. The number of nitrogens with zero attached hydrogens (tertiary/aromatic N) is 3. The Hall–Kier alpha value is -1.92. The number of nitrogens with one attached hydrogen (secondary N) is 1. The van der Waals surface area contributed by atoms with Crippen LogP contribution in [0, 0.1) is 5.41 Å². The molecule has 1 aromatic rings. The number of hydrogen-bond acceptors (Lipinski definition) is 4. The second-order valence-corrected chi connectivity index (χ2v) is 4.49. The number of aliphatic carboxylic acids is 1. The van der Waals surface area contributed by atoms with E-state index < -0.39 is 11.4 Å². The van der Waals surface area contributed by atoms with Gasteiger partial charge in [-0.2, -0.15) is 0 Å². The Morgan fingerprint density at radius 2 is 2.05 bits per heavy atom. The first kappa shape index (κ1) is 15.1. The van der Waals surface area contributed by atoms with Gasteiger partial charge in [0.2, 0.25) is 5.91 Å². The Morgan fingerprint density at radius 1 is 1.37 bits per heavy atom. The summed E-state index contributed by atoms with van der Waals surface area (Å²) in [5.41, 5.74) is -0.961. The second kappa shape index (κ2) is 6.86. The summed E-state index contributed by atoms with van der Waals surface area (Å²) in [6, 6.07) is 0. The molecule has 7 nitrogen and oxygen atoms in total. The van der Waals surface area contributed by atoms with E-state index in [-0.39, 0.29) is 12.3 Å².